The van der Waals surface area contributed by atoms with Gasteiger partial charge in [-0.05, 0) is 24.1 Å². The predicted octanol–water partition coefficient (Wildman–Crippen LogP) is 1.62. The van der Waals surface area contributed by atoms with Gasteiger partial charge in [-0.1, -0.05) is 32.3 Å². The van der Waals surface area contributed by atoms with Gasteiger partial charge in [0.25, 0.3) is 0 Å². The highest BCUT2D eigenvalue weighted by atomic mass is 16.6. The maximum Gasteiger partial charge on any atom is 0.239 e. The molecule has 0 bridgehead atoms. The Hall–Kier alpha value is -2.32. The smallest absolute Gasteiger partial charge is 0.239 e. The van der Waals surface area contributed by atoms with Crippen LogP contribution >= 0.6 is 0 Å². The number of hydroxylamine groups is 2. The molecule has 0 saturated carbocycles. The molecule has 1 aliphatic rings. The van der Waals surface area contributed by atoms with E-state index in [1.165, 1.54) is 0 Å². The summed E-state index contributed by atoms with van der Waals surface area (Å²) in [7, 11) is 0. The van der Waals surface area contributed by atoms with Gasteiger partial charge in [-0.2, -0.15) is 0 Å². The van der Waals surface area contributed by atoms with Crippen LogP contribution in [0, 0.1) is 5.92 Å². The fraction of sp³-hybridized carbons (Fsp3) is 0.556. The summed E-state index contributed by atoms with van der Waals surface area (Å²) in [5.41, 5.74) is 6.48. The van der Waals surface area contributed by atoms with Crippen molar-refractivity contribution in [3.63, 3.8) is 0 Å². The van der Waals surface area contributed by atoms with E-state index in [0.717, 1.165) is 30.6 Å². The number of hydrazine groups is 1. The van der Waals surface area contributed by atoms with Gasteiger partial charge in [-0.15, -0.1) is 0 Å². The van der Waals surface area contributed by atoms with Gasteiger partial charge in [0.1, 0.15) is 13.2 Å². The normalized spacial score (nSPS) is 13.8. The largest absolute Gasteiger partial charge is 0.486 e. The van der Waals surface area contributed by atoms with Crippen molar-refractivity contribution in [3.8, 4) is 11.5 Å². The number of benzene rings is 1. The molecule has 8 nitrogen and oxygen atoms in total. The van der Waals surface area contributed by atoms with Crippen LogP contribution in [0.2, 0.25) is 0 Å². The molecular weight excluding hydrogens is 338 g/mol. The summed E-state index contributed by atoms with van der Waals surface area (Å²) in [5, 5.41) is 9.90. The molecule has 0 aromatic heterocycles. The van der Waals surface area contributed by atoms with Crippen LogP contribution in [0.4, 0.5) is 0 Å². The van der Waals surface area contributed by atoms with Crippen LogP contribution in [0.3, 0.4) is 0 Å². The highest BCUT2D eigenvalue weighted by Gasteiger charge is 2.20. The monoisotopic (exact) mass is 365 g/mol. The molecule has 144 valence electrons. The fourth-order valence-corrected chi connectivity index (χ4v) is 2.75. The molecule has 0 aliphatic carbocycles. The Kier molecular flexibility index (Phi) is 8.17. The minimum atomic E-state index is -0.468. The molecule has 0 radical (unpaired) electrons. The van der Waals surface area contributed by atoms with E-state index in [2.05, 4.69) is 17.8 Å². The number of hydrogen-bond acceptors (Lipinski definition) is 6. The maximum absolute atomic E-state index is 12.3. The van der Waals surface area contributed by atoms with Crippen molar-refractivity contribution in [2.24, 2.45) is 5.92 Å². The van der Waals surface area contributed by atoms with Crippen molar-refractivity contribution < 1.29 is 24.3 Å². The van der Waals surface area contributed by atoms with E-state index in [0.29, 0.717) is 43.4 Å². The first-order valence-corrected chi connectivity index (χ1v) is 8.96. The molecule has 2 amide bonds. The van der Waals surface area contributed by atoms with E-state index in [1.54, 1.807) is 0 Å². The van der Waals surface area contributed by atoms with Crippen molar-refractivity contribution >= 4 is 12.3 Å². The molecular formula is C18H27N3O5. The maximum atomic E-state index is 12.3. The molecule has 8 heteroatoms. The molecule has 3 N–H and O–H groups in total. The van der Waals surface area contributed by atoms with Crippen LogP contribution in [0.15, 0.2) is 18.2 Å². The van der Waals surface area contributed by atoms with Crippen molar-refractivity contribution in [3.05, 3.63) is 23.8 Å². The lowest BCUT2D eigenvalue weighted by atomic mass is 10.0. The van der Waals surface area contributed by atoms with Crippen LogP contribution in [-0.2, 0) is 16.1 Å². The van der Waals surface area contributed by atoms with Crippen LogP contribution < -0.4 is 20.3 Å². The minimum Gasteiger partial charge on any atom is -0.486 e. The zero-order valence-corrected chi connectivity index (χ0v) is 15.1. The quantitative estimate of drug-likeness (QED) is 0.238. The molecule has 26 heavy (non-hydrogen) atoms. The number of carbonyl (C=O) groups is 2. The number of carbonyl (C=O) groups excluding carboxylic acids is 2. The van der Waals surface area contributed by atoms with Gasteiger partial charge in [-0.3, -0.25) is 20.2 Å². The third kappa shape index (κ3) is 6.20. The molecule has 1 aromatic carbocycles. The topological polar surface area (TPSA) is 100 Å². The van der Waals surface area contributed by atoms with Crippen LogP contribution in [-0.4, -0.2) is 42.3 Å². The molecule has 2 rings (SSSR count). The fourth-order valence-electron chi connectivity index (χ4n) is 2.75. The van der Waals surface area contributed by atoms with Crippen molar-refractivity contribution in [2.45, 2.75) is 39.2 Å². The second-order valence-electron chi connectivity index (χ2n) is 6.24. The Morgan fingerprint density at radius 1 is 1.31 bits per heavy atom. The molecule has 1 atom stereocenters. The molecule has 0 unspecified atom stereocenters. The van der Waals surface area contributed by atoms with Crippen LogP contribution in [0.1, 0.15) is 38.2 Å². The van der Waals surface area contributed by atoms with E-state index < -0.39 is 5.92 Å². The average molecular weight is 365 g/mol. The van der Waals surface area contributed by atoms with E-state index in [4.69, 9.17) is 9.47 Å². The molecule has 0 saturated heterocycles. The first kappa shape index (κ1) is 20.0. The van der Waals surface area contributed by atoms with E-state index in [1.807, 2.05) is 18.2 Å². The van der Waals surface area contributed by atoms with Crippen LogP contribution in [0.5, 0.6) is 11.5 Å². The zero-order chi connectivity index (χ0) is 18.8. The van der Waals surface area contributed by atoms with Gasteiger partial charge in [0.15, 0.2) is 11.5 Å². The number of fused-ring (bicyclic) bond motifs is 1. The predicted molar refractivity (Wildman–Crippen MR) is 94.6 cm³/mol. The lowest BCUT2D eigenvalue weighted by molar-refractivity contribution is -0.154. The lowest BCUT2D eigenvalue weighted by Crippen LogP contribution is -2.44. The molecule has 1 aliphatic heterocycles. The van der Waals surface area contributed by atoms with E-state index in [9.17, 15) is 14.8 Å². The van der Waals surface area contributed by atoms with Crippen molar-refractivity contribution in [1.82, 2.24) is 15.9 Å². The van der Waals surface area contributed by atoms with Crippen molar-refractivity contribution in [2.75, 3.05) is 19.8 Å². The van der Waals surface area contributed by atoms with Crippen LogP contribution in [0.25, 0.3) is 0 Å². The zero-order valence-electron chi connectivity index (χ0n) is 15.1. The highest BCUT2D eigenvalue weighted by Crippen LogP contribution is 2.30. The Balaban J connectivity index is 1.83. The lowest BCUT2D eigenvalue weighted by Gasteiger charge is -2.20. The first-order chi connectivity index (χ1) is 12.6. The Morgan fingerprint density at radius 2 is 2.08 bits per heavy atom. The number of amides is 2. The van der Waals surface area contributed by atoms with Gasteiger partial charge in [0, 0.05) is 6.54 Å². The summed E-state index contributed by atoms with van der Waals surface area (Å²) in [5.74, 6) is 0.696. The summed E-state index contributed by atoms with van der Waals surface area (Å²) in [4.78, 5) is 23.0. The summed E-state index contributed by atoms with van der Waals surface area (Å²) < 4.78 is 11.0. The number of unbranched alkanes of at least 4 members (excludes halogenated alkanes) is 2. The number of hydrogen-bond donors (Lipinski definition) is 3. The third-order valence-electron chi connectivity index (χ3n) is 4.17. The molecule has 1 aromatic rings. The summed E-state index contributed by atoms with van der Waals surface area (Å²) in [6, 6.07) is 5.61. The van der Waals surface area contributed by atoms with Gasteiger partial charge in [0.2, 0.25) is 12.3 Å². The molecule has 1 heterocycles. The second kappa shape index (κ2) is 10.6. The highest BCUT2D eigenvalue weighted by molar-refractivity contribution is 5.78. The SMILES string of the molecule is CCCCC[C@H](CN(O)C=O)C(=O)NNCc1ccc2c(c1)OCCO2. The first-order valence-electron chi connectivity index (χ1n) is 8.96. The van der Waals surface area contributed by atoms with Gasteiger partial charge >= 0.3 is 0 Å². The number of nitrogens with zero attached hydrogens (tertiary/aromatic N) is 1. The number of nitrogens with one attached hydrogen (secondary N) is 2. The Morgan fingerprint density at radius 3 is 2.81 bits per heavy atom. The average Bonchev–Trinajstić information content (AvgIpc) is 2.67. The van der Waals surface area contributed by atoms with E-state index in [-0.39, 0.29) is 12.5 Å². The number of rotatable bonds is 11. The van der Waals surface area contributed by atoms with E-state index >= 15 is 0 Å². The number of ether oxygens (including phenoxy) is 2. The minimum absolute atomic E-state index is 0.0231. The van der Waals surface area contributed by atoms with Gasteiger partial charge < -0.3 is 9.47 Å². The summed E-state index contributed by atoms with van der Waals surface area (Å²) >= 11 is 0. The third-order valence-corrected chi connectivity index (χ3v) is 4.17. The second-order valence-corrected chi connectivity index (χ2v) is 6.24. The molecule has 0 fully saturated rings. The van der Waals surface area contributed by atoms with Gasteiger partial charge in [-0.25, -0.2) is 10.5 Å². The molecule has 0 spiro atoms. The Labute approximate surface area is 153 Å². The summed E-state index contributed by atoms with van der Waals surface area (Å²) in [6.07, 6.45) is 3.82. The van der Waals surface area contributed by atoms with Crippen molar-refractivity contribution in [1.29, 1.82) is 0 Å². The Bertz CT molecular complexity index is 596. The van der Waals surface area contributed by atoms with Gasteiger partial charge in [0.05, 0.1) is 12.5 Å². The summed E-state index contributed by atoms with van der Waals surface area (Å²) in [6.45, 7) is 3.54. The standard InChI is InChI=1S/C18H27N3O5/c1-2-3-4-5-15(12-21(24)13-22)18(23)20-19-11-14-6-7-16-17(10-14)26-9-8-25-16/h6-7,10,13,15,19,24H,2-5,8-9,11-12H2,1H3,(H,20,23)/t15-/m1/s1.